The molecule has 30 heavy (non-hydrogen) atoms. The Labute approximate surface area is 171 Å². The monoisotopic (exact) mass is 406 g/mol. The summed E-state index contributed by atoms with van der Waals surface area (Å²) in [5.41, 5.74) is 8.09. The Bertz CT molecular complexity index is 1200. The topological polar surface area (TPSA) is 116 Å². The normalized spacial score (nSPS) is 14.7. The van der Waals surface area contributed by atoms with Gasteiger partial charge in [0.2, 0.25) is 0 Å². The Morgan fingerprint density at radius 3 is 2.73 bits per heavy atom. The molecule has 3 heterocycles. The van der Waals surface area contributed by atoms with Gasteiger partial charge in [0, 0.05) is 24.4 Å². The Morgan fingerprint density at radius 1 is 1.20 bits per heavy atom. The number of nitrogens with two attached hydrogens (primary N) is 1. The van der Waals surface area contributed by atoms with Gasteiger partial charge in [-0.15, -0.1) is 0 Å². The lowest BCUT2D eigenvalue weighted by Crippen LogP contribution is -2.11. The maximum atomic E-state index is 14.0. The van der Waals surface area contributed by atoms with Crippen LogP contribution in [0.2, 0.25) is 0 Å². The number of nitrogens with zero attached hydrogens (tertiary/aromatic N) is 5. The first-order chi connectivity index (χ1) is 14.5. The van der Waals surface area contributed by atoms with Gasteiger partial charge in [-0.2, -0.15) is 5.10 Å². The van der Waals surface area contributed by atoms with Crippen molar-refractivity contribution in [1.82, 2.24) is 24.9 Å². The average molecular weight is 406 g/mol. The Balaban J connectivity index is 1.49. The van der Waals surface area contributed by atoms with Crippen LogP contribution >= 0.6 is 0 Å². The first-order valence-corrected chi connectivity index (χ1v) is 9.61. The molecule has 1 saturated carbocycles. The van der Waals surface area contributed by atoms with E-state index in [1.165, 1.54) is 12.3 Å². The van der Waals surface area contributed by atoms with Gasteiger partial charge < -0.3 is 15.4 Å². The van der Waals surface area contributed by atoms with Crippen LogP contribution in [-0.2, 0) is 18.6 Å². The lowest BCUT2D eigenvalue weighted by molar-refractivity contribution is 0.151. The number of aryl methyl sites for hydroxylation is 2. The van der Waals surface area contributed by atoms with E-state index in [-0.39, 0.29) is 11.6 Å². The predicted molar refractivity (Wildman–Crippen MR) is 106 cm³/mol. The molecule has 3 N–H and O–H groups in total. The third kappa shape index (κ3) is 3.33. The summed E-state index contributed by atoms with van der Waals surface area (Å²) in [6.07, 6.45) is 4.79. The van der Waals surface area contributed by atoms with E-state index in [1.54, 1.807) is 41.2 Å². The molecule has 0 spiro atoms. The van der Waals surface area contributed by atoms with Crippen molar-refractivity contribution in [2.45, 2.75) is 31.4 Å². The summed E-state index contributed by atoms with van der Waals surface area (Å²) in [6.45, 7) is 0.427. The Morgan fingerprint density at radius 2 is 2.03 bits per heavy atom. The summed E-state index contributed by atoms with van der Waals surface area (Å²) >= 11 is 0. The van der Waals surface area contributed by atoms with Gasteiger partial charge in [0.25, 0.3) is 0 Å². The van der Waals surface area contributed by atoms with E-state index in [1.807, 2.05) is 0 Å². The Hall–Kier alpha value is -3.59. The van der Waals surface area contributed by atoms with Gasteiger partial charge in [-0.25, -0.2) is 14.4 Å². The van der Waals surface area contributed by atoms with E-state index in [9.17, 15) is 9.50 Å². The van der Waals surface area contributed by atoms with Crippen molar-refractivity contribution in [3.05, 3.63) is 65.8 Å². The summed E-state index contributed by atoms with van der Waals surface area (Å²) < 4.78 is 20.7. The molecular weight excluding hydrogens is 387 g/mol. The van der Waals surface area contributed by atoms with Gasteiger partial charge in [0.05, 0.1) is 11.3 Å². The highest BCUT2D eigenvalue weighted by atomic mass is 19.1. The average Bonchev–Trinajstić information content (AvgIpc) is 3.14. The largest absolute Gasteiger partial charge is 0.385 e. The van der Waals surface area contributed by atoms with Crippen molar-refractivity contribution in [2.75, 3.05) is 5.73 Å². The van der Waals surface area contributed by atoms with Crippen LogP contribution in [0.1, 0.15) is 24.0 Å². The molecule has 1 fully saturated rings. The molecule has 8 nitrogen and oxygen atoms in total. The first-order valence-electron chi connectivity index (χ1n) is 9.61. The van der Waals surface area contributed by atoms with Crippen molar-refractivity contribution in [3.63, 3.8) is 0 Å². The summed E-state index contributed by atoms with van der Waals surface area (Å²) in [7, 11) is 0. The van der Waals surface area contributed by atoms with Gasteiger partial charge >= 0.3 is 0 Å². The molecule has 0 unspecified atom stereocenters. The molecule has 0 atom stereocenters. The standard InChI is InChI=1S/C21H19FN6O2/c22-15-4-2-1-3-13(15)5-9-28-18(16-6-10-30-27-16)11-17(26-28)20-24-12-14(19(23)25-20)21(29)7-8-21/h1-4,6,10-12,29H,5,7-9H2,(H2,23,24,25). The van der Waals surface area contributed by atoms with Crippen LogP contribution in [0.3, 0.4) is 0 Å². The lowest BCUT2D eigenvalue weighted by Gasteiger charge is -2.10. The summed E-state index contributed by atoms with van der Waals surface area (Å²) in [6, 6.07) is 10.2. The van der Waals surface area contributed by atoms with Crippen molar-refractivity contribution in [1.29, 1.82) is 0 Å². The minimum absolute atomic E-state index is 0.240. The van der Waals surface area contributed by atoms with Crippen LogP contribution in [0.15, 0.2) is 53.4 Å². The lowest BCUT2D eigenvalue weighted by atomic mass is 10.1. The molecule has 1 aromatic carbocycles. The van der Waals surface area contributed by atoms with Crippen LogP contribution in [-0.4, -0.2) is 30.0 Å². The fraction of sp³-hybridized carbons (Fsp3) is 0.238. The molecular formula is C21H19FN6O2. The van der Waals surface area contributed by atoms with Crippen LogP contribution in [0.4, 0.5) is 10.2 Å². The molecule has 0 saturated heterocycles. The smallest absolute Gasteiger partial charge is 0.182 e. The number of nitrogen functional groups attached to an aromatic ring is 1. The van der Waals surface area contributed by atoms with E-state index >= 15 is 0 Å². The molecule has 4 aromatic rings. The molecule has 0 amide bonds. The summed E-state index contributed by atoms with van der Waals surface area (Å²) in [5, 5.41) is 18.9. The molecule has 3 aromatic heterocycles. The molecule has 9 heteroatoms. The predicted octanol–water partition coefficient (Wildman–Crippen LogP) is 2.94. The number of aromatic nitrogens is 5. The summed E-state index contributed by atoms with van der Waals surface area (Å²) in [4.78, 5) is 8.70. The zero-order chi connectivity index (χ0) is 20.7. The third-order valence-electron chi connectivity index (χ3n) is 5.30. The van der Waals surface area contributed by atoms with E-state index < -0.39 is 5.60 Å². The number of aliphatic hydroxyl groups is 1. The van der Waals surface area contributed by atoms with E-state index in [0.717, 1.165) is 0 Å². The minimum Gasteiger partial charge on any atom is -0.385 e. The van der Waals surface area contributed by atoms with Crippen molar-refractivity contribution >= 4 is 5.82 Å². The highest BCUT2D eigenvalue weighted by Gasteiger charge is 2.44. The van der Waals surface area contributed by atoms with E-state index in [4.69, 9.17) is 10.3 Å². The number of hydrogen-bond acceptors (Lipinski definition) is 7. The van der Waals surface area contributed by atoms with Gasteiger partial charge in [0.15, 0.2) is 5.82 Å². The minimum atomic E-state index is -0.909. The SMILES string of the molecule is Nc1nc(-c2cc(-c3ccon3)n(CCc3ccccc3F)n2)ncc1C1(O)CC1. The fourth-order valence-electron chi connectivity index (χ4n) is 3.44. The van der Waals surface area contributed by atoms with Crippen LogP contribution in [0, 0.1) is 5.82 Å². The highest BCUT2D eigenvalue weighted by Crippen LogP contribution is 2.46. The number of benzene rings is 1. The third-order valence-corrected chi connectivity index (χ3v) is 5.30. The molecule has 152 valence electrons. The van der Waals surface area contributed by atoms with Gasteiger partial charge in [-0.3, -0.25) is 4.68 Å². The zero-order valence-corrected chi connectivity index (χ0v) is 16.0. The van der Waals surface area contributed by atoms with Gasteiger partial charge in [-0.05, 0) is 37.0 Å². The molecule has 5 rings (SSSR count). The van der Waals surface area contributed by atoms with Crippen molar-refractivity contribution in [2.24, 2.45) is 0 Å². The van der Waals surface area contributed by atoms with E-state index in [0.29, 0.717) is 59.8 Å². The van der Waals surface area contributed by atoms with Crippen LogP contribution < -0.4 is 5.73 Å². The molecule has 1 aliphatic carbocycles. The second kappa shape index (κ2) is 7.03. The molecule has 0 radical (unpaired) electrons. The maximum absolute atomic E-state index is 14.0. The van der Waals surface area contributed by atoms with Gasteiger partial charge in [-0.1, -0.05) is 23.4 Å². The number of halogens is 1. The van der Waals surface area contributed by atoms with Crippen molar-refractivity contribution < 1.29 is 14.0 Å². The highest BCUT2D eigenvalue weighted by molar-refractivity contribution is 5.63. The first kappa shape index (κ1) is 18.4. The van der Waals surface area contributed by atoms with E-state index in [2.05, 4.69) is 20.2 Å². The fourth-order valence-corrected chi connectivity index (χ4v) is 3.44. The number of hydrogen-bond donors (Lipinski definition) is 2. The van der Waals surface area contributed by atoms with Crippen molar-refractivity contribution in [3.8, 4) is 22.9 Å². The second-order valence-electron chi connectivity index (χ2n) is 7.39. The van der Waals surface area contributed by atoms with Crippen LogP contribution in [0.25, 0.3) is 22.9 Å². The quantitative estimate of drug-likeness (QED) is 0.506. The summed E-state index contributed by atoms with van der Waals surface area (Å²) in [5.74, 6) is 0.330. The molecule has 0 aliphatic heterocycles. The zero-order valence-electron chi connectivity index (χ0n) is 16.0. The number of rotatable bonds is 6. The molecule has 0 bridgehead atoms. The number of anilines is 1. The van der Waals surface area contributed by atoms with Crippen LogP contribution in [0.5, 0.6) is 0 Å². The van der Waals surface area contributed by atoms with Gasteiger partial charge in [0.1, 0.15) is 29.3 Å². The maximum Gasteiger partial charge on any atom is 0.182 e. The molecule has 1 aliphatic rings. The Kier molecular flexibility index (Phi) is 4.32. The second-order valence-corrected chi connectivity index (χ2v) is 7.39.